The fourth-order valence-corrected chi connectivity index (χ4v) is 2.06. The van der Waals surface area contributed by atoms with Crippen molar-refractivity contribution in [3.8, 4) is 0 Å². The number of furan rings is 1. The average Bonchev–Trinajstić information content (AvgIpc) is 2.72. The molecule has 1 heterocycles. The van der Waals surface area contributed by atoms with E-state index in [1.165, 1.54) is 12.1 Å². The van der Waals surface area contributed by atoms with Crippen molar-refractivity contribution < 1.29 is 8.81 Å². The van der Waals surface area contributed by atoms with Crippen molar-refractivity contribution in [2.24, 2.45) is 0 Å². The molecular weight excluding hydrogens is 217 g/mol. The highest BCUT2D eigenvalue weighted by Gasteiger charge is 2.08. The molecule has 2 rings (SSSR count). The normalized spacial score (nSPS) is 13.1. The Morgan fingerprint density at radius 1 is 1.35 bits per heavy atom. The molecule has 1 unspecified atom stereocenters. The van der Waals surface area contributed by atoms with Crippen molar-refractivity contribution in [3.05, 3.63) is 35.8 Å². The Balaban J connectivity index is 2.09. The molecule has 92 valence electrons. The molecule has 1 atom stereocenters. The first-order valence-corrected chi connectivity index (χ1v) is 6.08. The minimum atomic E-state index is -0.216. The summed E-state index contributed by atoms with van der Waals surface area (Å²) in [6.07, 6.45) is 3.02. The number of nitrogens with one attached hydrogen (secondary N) is 1. The summed E-state index contributed by atoms with van der Waals surface area (Å²) in [4.78, 5) is 0. The number of aryl methyl sites for hydroxylation is 1. The van der Waals surface area contributed by atoms with Gasteiger partial charge in [0.05, 0.1) is 0 Å². The second-order valence-corrected chi connectivity index (χ2v) is 4.33. The Hall–Kier alpha value is -1.35. The molecule has 1 N–H and O–H groups in total. The summed E-state index contributed by atoms with van der Waals surface area (Å²) in [5, 5.41) is 4.11. The van der Waals surface area contributed by atoms with Crippen LogP contribution < -0.4 is 5.32 Å². The lowest BCUT2D eigenvalue weighted by Gasteiger charge is -2.11. The van der Waals surface area contributed by atoms with E-state index in [2.05, 4.69) is 12.2 Å². The van der Waals surface area contributed by atoms with Crippen molar-refractivity contribution >= 4 is 11.0 Å². The van der Waals surface area contributed by atoms with Gasteiger partial charge >= 0.3 is 0 Å². The average molecular weight is 235 g/mol. The summed E-state index contributed by atoms with van der Waals surface area (Å²) < 4.78 is 18.7. The first-order valence-electron chi connectivity index (χ1n) is 6.08. The van der Waals surface area contributed by atoms with Crippen LogP contribution in [0.2, 0.25) is 0 Å². The lowest BCUT2D eigenvalue weighted by Crippen LogP contribution is -2.24. The van der Waals surface area contributed by atoms with Crippen molar-refractivity contribution in [2.45, 2.75) is 32.2 Å². The molecule has 0 radical (unpaired) electrons. The summed E-state index contributed by atoms with van der Waals surface area (Å²) in [5.41, 5.74) is 0.763. The van der Waals surface area contributed by atoms with Gasteiger partial charge in [-0.3, -0.25) is 0 Å². The van der Waals surface area contributed by atoms with E-state index in [0.29, 0.717) is 6.04 Å². The maximum atomic E-state index is 13.0. The first-order chi connectivity index (χ1) is 8.22. The maximum Gasteiger partial charge on any atom is 0.134 e. The molecule has 0 spiro atoms. The topological polar surface area (TPSA) is 25.2 Å². The third-order valence-electron chi connectivity index (χ3n) is 3.17. The van der Waals surface area contributed by atoms with Crippen LogP contribution >= 0.6 is 0 Å². The minimum Gasteiger partial charge on any atom is -0.461 e. The Bertz CT molecular complexity index is 488. The van der Waals surface area contributed by atoms with Gasteiger partial charge in [0.15, 0.2) is 0 Å². The van der Waals surface area contributed by atoms with Gasteiger partial charge in [0, 0.05) is 17.8 Å². The quantitative estimate of drug-likeness (QED) is 0.858. The number of rotatable bonds is 5. The van der Waals surface area contributed by atoms with E-state index in [1.807, 2.05) is 13.1 Å². The Kier molecular flexibility index (Phi) is 3.79. The zero-order chi connectivity index (χ0) is 12.3. The molecule has 3 heteroatoms. The lowest BCUT2D eigenvalue weighted by molar-refractivity contribution is 0.469. The standard InChI is InChI=1S/C14H18FNO/c1-3-12(16-2)5-6-13-9-10-8-11(15)4-7-14(10)17-13/h4,7-9,12,16H,3,5-6H2,1-2H3. The molecule has 0 aliphatic carbocycles. The minimum absolute atomic E-state index is 0.216. The predicted molar refractivity (Wildman–Crippen MR) is 67.6 cm³/mol. The number of hydrogen-bond acceptors (Lipinski definition) is 2. The summed E-state index contributed by atoms with van der Waals surface area (Å²) in [6, 6.07) is 7.07. The summed E-state index contributed by atoms with van der Waals surface area (Å²) in [6.45, 7) is 2.16. The molecule has 2 nitrogen and oxygen atoms in total. The van der Waals surface area contributed by atoms with Crippen LogP contribution in [0.5, 0.6) is 0 Å². The van der Waals surface area contributed by atoms with Crippen molar-refractivity contribution in [1.82, 2.24) is 5.32 Å². The molecule has 0 fully saturated rings. The Morgan fingerprint density at radius 3 is 2.88 bits per heavy atom. The molecule has 0 saturated carbocycles. The molecular formula is C14H18FNO. The molecule has 2 aromatic rings. The molecule has 0 saturated heterocycles. The van der Waals surface area contributed by atoms with Gasteiger partial charge in [0.25, 0.3) is 0 Å². The zero-order valence-electron chi connectivity index (χ0n) is 10.3. The van der Waals surface area contributed by atoms with E-state index in [4.69, 9.17) is 4.42 Å². The summed E-state index contributed by atoms with van der Waals surface area (Å²) in [5.74, 6) is 0.714. The van der Waals surface area contributed by atoms with Gasteiger partial charge in [-0.05, 0) is 44.2 Å². The molecule has 0 aliphatic heterocycles. The van der Waals surface area contributed by atoms with Crippen LogP contribution in [0.1, 0.15) is 25.5 Å². The highest BCUT2D eigenvalue weighted by molar-refractivity contribution is 5.77. The van der Waals surface area contributed by atoms with Gasteiger partial charge in [0.2, 0.25) is 0 Å². The van der Waals surface area contributed by atoms with Crippen LogP contribution in [0, 0.1) is 5.82 Å². The van der Waals surface area contributed by atoms with Crippen LogP contribution in [-0.2, 0) is 6.42 Å². The van der Waals surface area contributed by atoms with E-state index in [9.17, 15) is 4.39 Å². The SMILES string of the molecule is CCC(CCc1cc2cc(F)ccc2o1)NC. The molecule has 1 aromatic carbocycles. The van der Waals surface area contributed by atoms with Crippen LogP contribution in [-0.4, -0.2) is 13.1 Å². The first kappa shape index (κ1) is 12.1. The van der Waals surface area contributed by atoms with Gasteiger partial charge in [0.1, 0.15) is 17.2 Å². The van der Waals surface area contributed by atoms with Crippen molar-refractivity contribution in [2.75, 3.05) is 7.05 Å². The van der Waals surface area contributed by atoms with E-state index in [-0.39, 0.29) is 5.82 Å². The predicted octanol–water partition coefficient (Wildman–Crippen LogP) is 3.50. The summed E-state index contributed by atoms with van der Waals surface area (Å²) in [7, 11) is 1.97. The second-order valence-electron chi connectivity index (χ2n) is 4.33. The van der Waals surface area contributed by atoms with Crippen LogP contribution in [0.4, 0.5) is 4.39 Å². The number of benzene rings is 1. The third kappa shape index (κ3) is 2.86. The Labute approximate surface area is 101 Å². The van der Waals surface area contributed by atoms with Gasteiger partial charge in [-0.25, -0.2) is 4.39 Å². The fourth-order valence-electron chi connectivity index (χ4n) is 2.06. The molecule has 0 amide bonds. The van der Waals surface area contributed by atoms with Gasteiger partial charge < -0.3 is 9.73 Å². The highest BCUT2D eigenvalue weighted by Crippen LogP contribution is 2.21. The fraction of sp³-hybridized carbons (Fsp3) is 0.429. The van der Waals surface area contributed by atoms with Gasteiger partial charge in [-0.2, -0.15) is 0 Å². The number of halogens is 1. The maximum absolute atomic E-state index is 13.0. The monoisotopic (exact) mass is 235 g/mol. The summed E-state index contributed by atoms with van der Waals surface area (Å²) >= 11 is 0. The lowest BCUT2D eigenvalue weighted by atomic mass is 10.1. The van der Waals surface area contributed by atoms with Gasteiger partial charge in [-0.1, -0.05) is 6.92 Å². The largest absolute Gasteiger partial charge is 0.461 e. The van der Waals surface area contributed by atoms with Crippen LogP contribution in [0.15, 0.2) is 28.7 Å². The zero-order valence-corrected chi connectivity index (χ0v) is 10.3. The third-order valence-corrected chi connectivity index (χ3v) is 3.17. The van der Waals surface area contributed by atoms with E-state index in [1.54, 1.807) is 6.07 Å². The molecule has 17 heavy (non-hydrogen) atoms. The smallest absolute Gasteiger partial charge is 0.134 e. The number of fused-ring (bicyclic) bond motifs is 1. The number of hydrogen-bond donors (Lipinski definition) is 1. The van der Waals surface area contributed by atoms with E-state index >= 15 is 0 Å². The Morgan fingerprint density at radius 2 is 2.18 bits per heavy atom. The second kappa shape index (κ2) is 5.32. The van der Waals surface area contributed by atoms with Crippen molar-refractivity contribution in [1.29, 1.82) is 0 Å². The molecule has 0 aliphatic rings. The van der Waals surface area contributed by atoms with Crippen molar-refractivity contribution in [3.63, 3.8) is 0 Å². The van der Waals surface area contributed by atoms with Crippen LogP contribution in [0.3, 0.4) is 0 Å². The van der Waals surface area contributed by atoms with E-state index in [0.717, 1.165) is 36.0 Å². The van der Waals surface area contributed by atoms with E-state index < -0.39 is 0 Å². The van der Waals surface area contributed by atoms with Crippen LogP contribution in [0.25, 0.3) is 11.0 Å². The molecule has 1 aromatic heterocycles. The molecule has 0 bridgehead atoms. The highest BCUT2D eigenvalue weighted by atomic mass is 19.1. The van der Waals surface area contributed by atoms with Gasteiger partial charge in [-0.15, -0.1) is 0 Å².